The fourth-order valence-corrected chi connectivity index (χ4v) is 2.88. The van der Waals surface area contributed by atoms with Gasteiger partial charge in [-0.05, 0) is 68.1 Å². The van der Waals surface area contributed by atoms with E-state index in [2.05, 4.69) is 0 Å². The fourth-order valence-electron chi connectivity index (χ4n) is 2.88. The van der Waals surface area contributed by atoms with E-state index in [0.717, 1.165) is 27.6 Å². The molecular weight excluding hydrogens is 316 g/mol. The Morgan fingerprint density at radius 2 is 1.64 bits per heavy atom. The van der Waals surface area contributed by atoms with Gasteiger partial charge < -0.3 is 9.15 Å². The Morgan fingerprint density at radius 1 is 0.920 bits per heavy atom. The summed E-state index contributed by atoms with van der Waals surface area (Å²) in [7, 11) is 0. The molecule has 0 aliphatic rings. The van der Waals surface area contributed by atoms with Gasteiger partial charge in [-0.15, -0.1) is 0 Å². The number of benzene rings is 2. The van der Waals surface area contributed by atoms with Gasteiger partial charge in [0.15, 0.2) is 12.4 Å². The van der Waals surface area contributed by atoms with Crippen LogP contribution >= 0.6 is 0 Å². The van der Waals surface area contributed by atoms with Crippen molar-refractivity contribution in [3.8, 4) is 5.75 Å². The number of Topliss-reactive ketones (excluding diaryl/α,β-unsaturated/α-hetero) is 1. The van der Waals surface area contributed by atoms with E-state index < -0.39 is 5.63 Å². The summed E-state index contributed by atoms with van der Waals surface area (Å²) in [4.78, 5) is 24.0. The van der Waals surface area contributed by atoms with Crippen molar-refractivity contribution in [2.45, 2.75) is 27.7 Å². The molecule has 1 heterocycles. The molecule has 0 fully saturated rings. The van der Waals surface area contributed by atoms with Gasteiger partial charge >= 0.3 is 5.63 Å². The van der Waals surface area contributed by atoms with Gasteiger partial charge in [0.05, 0.1) is 0 Å². The van der Waals surface area contributed by atoms with E-state index in [1.807, 2.05) is 45.9 Å². The van der Waals surface area contributed by atoms with Crippen LogP contribution in [-0.2, 0) is 0 Å². The van der Waals surface area contributed by atoms with Gasteiger partial charge in [0.25, 0.3) is 0 Å². The van der Waals surface area contributed by atoms with E-state index in [4.69, 9.17) is 9.15 Å². The van der Waals surface area contributed by atoms with Gasteiger partial charge in [-0.25, -0.2) is 4.79 Å². The van der Waals surface area contributed by atoms with Crippen LogP contribution in [0.4, 0.5) is 0 Å². The minimum Gasteiger partial charge on any atom is -0.485 e. The van der Waals surface area contributed by atoms with Crippen molar-refractivity contribution >= 4 is 16.8 Å². The molecule has 3 aromatic rings. The van der Waals surface area contributed by atoms with Crippen molar-refractivity contribution in [3.05, 3.63) is 74.6 Å². The molecule has 0 aliphatic heterocycles. The summed E-state index contributed by atoms with van der Waals surface area (Å²) in [6.45, 7) is 7.72. The Kier molecular flexibility index (Phi) is 4.45. The SMILES string of the molecule is Cc1cc(C)c(C(=O)COc2ccc3c(C)cc(=O)oc3c2)cc1C. The van der Waals surface area contributed by atoms with Gasteiger partial charge in [0, 0.05) is 23.1 Å². The lowest BCUT2D eigenvalue weighted by Crippen LogP contribution is -2.13. The van der Waals surface area contributed by atoms with Crippen LogP contribution in [0.2, 0.25) is 0 Å². The second-order valence-corrected chi connectivity index (χ2v) is 6.37. The maximum Gasteiger partial charge on any atom is 0.336 e. The normalized spacial score (nSPS) is 10.9. The number of aryl methyl sites for hydroxylation is 4. The predicted octanol–water partition coefficient (Wildman–Crippen LogP) is 4.29. The molecule has 0 spiro atoms. The summed E-state index contributed by atoms with van der Waals surface area (Å²) < 4.78 is 10.8. The van der Waals surface area contributed by atoms with Crippen molar-refractivity contribution in [1.29, 1.82) is 0 Å². The molecule has 128 valence electrons. The maximum atomic E-state index is 12.5. The highest BCUT2D eigenvalue weighted by molar-refractivity contribution is 5.98. The van der Waals surface area contributed by atoms with Gasteiger partial charge in [0.2, 0.25) is 0 Å². The molecule has 0 unspecified atom stereocenters. The Balaban J connectivity index is 1.82. The number of carbonyl (C=O) groups is 1. The zero-order chi connectivity index (χ0) is 18.1. The van der Waals surface area contributed by atoms with Gasteiger partial charge in [-0.1, -0.05) is 6.07 Å². The monoisotopic (exact) mass is 336 g/mol. The number of hydrogen-bond donors (Lipinski definition) is 0. The van der Waals surface area contributed by atoms with Crippen molar-refractivity contribution in [2.75, 3.05) is 6.61 Å². The second-order valence-electron chi connectivity index (χ2n) is 6.37. The van der Waals surface area contributed by atoms with E-state index in [1.54, 1.807) is 12.1 Å². The lowest BCUT2D eigenvalue weighted by Gasteiger charge is -2.10. The summed E-state index contributed by atoms with van der Waals surface area (Å²) in [5.74, 6) is 0.419. The van der Waals surface area contributed by atoms with Crippen LogP contribution in [0, 0.1) is 27.7 Å². The molecule has 4 heteroatoms. The lowest BCUT2D eigenvalue weighted by molar-refractivity contribution is 0.0921. The number of carbonyl (C=O) groups excluding carboxylic acids is 1. The molecule has 0 aliphatic carbocycles. The second kappa shape index (κ2) is 6.55. The molecule has 2 aromatic carbocycles. The third kappa shape index (κ3) is 3.48. The van der Waals surface area contributed by atoms with Crippen molar-refractivity contribution in [3.63, 3.8) is 0 Å². The predicted molar refractivity (Wildman–Crippen MR) is 97.7 cm³/mol. The molecule has 0 atom stereocenters. The van der Waals surface area contributed by atoms with Crippen LogP contribution < -0.4 is 10.4 Å². The summed E-state index contributed by atoms with van der Waals surface area (Å²) in [6, 6.07) is 10.6. The number of ether oxygens (including phenoxy) is 1. The minimum atomic E-state index is -0.399. The van der Waals surface area contributed by atoms with E-state index in [1.165, 1.54) is 6.07 Å². The van der Waals surface area contributed by atoms with Crippen LogP contribution in [0.25, 0.3) is 11.0 Å². The Bertz CT molecular complexity index is 1030. The average molecular weight is 336 g/mol. The van der Waals surface area contributed by atoms with Crippen LogP contribution in [0.15, 0.2) is 45.6 Å². The molecule has 0 saturated carbocycles. The smallest absolute Gasteiger partial charge is 0.336 e. The first-order valence-corrected chi connectivity index (χ1v) is 8.13. The molecule has 0 N–H and O–H groups in total. The van der Waals surface area contributed by atoms with Crippen LogP contribution in [-0.4, -0.2) is 12.4 Å². The Labute approximate surface area is 146 Å². The van der Waals surface area contributed by atoms with Crippen molar-refractivity contribution < 1.29 is 13.9 Å². The van der Waals surface area contributed by atoms with E-state index in [0.29, 0.717) is 16.9 Å². The van der Waals surface area contributed by atoms with Gasteiger partial charge in [-0.2, -0.15) is 0 Å². The Morgan fingerprint density at radius 3 is 2.40 bits per heavy atom. The first-order valence-electron chi connectivity index (χ1n) is 8.13. The highest BCUT2D eigenvalue weighted by Crippen LogP contribution is 2.23. The number of ketones is 1. The number of hydrogen-bond acceptors (Lipinski definition) is 4. The minimum absolute atomic E-state index is 0.0646. The van der Waals surface area contributed by atoms with E-state index >= 15 is 0 Å². The molecule has 25 heavy (non-hydrogen) atoms. The standard InChI is InChI=1S/C21H20O4/c1-12-7-14(3)18(8-13(12)2)19(22)11-24-16-5-6-17-15(4)9-21(23)25-20(17)10-16/h5-10H,11H2,1-4H3. The maximum absolute atomic E-state index is 12.5. The molecule has 1 aromatic heterocycles. The highest BCUT2D eigenvalue weighted by Gasteiger charge is 2.12. The quantitative estimate of drug-likeness (QED) is 0.527. The summed E-state index contributed by atoms with van der Waals surface area (Å²) in [5, 5.41) is 0.850. The molecule has 0 radical (unpaired) electrons. The summed E-state index contributed by atoms with van der Waals surface area (Å²) in [5.41, 5.74) is 4.76. The first kappa shape index (κ1) is 17.0. The van der Waals surface area contributed by atoms with E-state index in [9.17, 15) is 9.59 Å². The number of rotatable bonds is 4. The molecular formula is C21H20O4. The molecule has 0 bridgehead atoms. The molecule has 3 rings (SSSR count). The zero-order valence-electron chi connectivity index (χ0n) is 14.8. The third-order valence-electron chi connectivity index (χ3n) is 4.43. The lowest BCUT2D eigenvalue weighted by atomic mass is 9.98. The first-order chi connectivity index (χ1) is 11.8. The van der Waals surface area contributed by atoms with Crippen LogP contribution in [0.5, 0.6) is 5.75 Å². The number of fused-ring (bicyclic) bond motifs is 1. The Hall–Kier alpha value is -2.88. The van der Waals surface area contributed by atoms with Crippen molar-refractivity contribution in [1.82, 2.24) is 0 Å². The zero-order valence-corrected chi connectivity index (χ0v) is 14.8. The molecule has 0 saturated heterocycles. The van der Waals surface area contributed by atoms with Gasteiger partial charge in [0.1, 0.15) is 11.3 Å². The van der Waals surface area contributed by atoms with Crippen LogP contribution in [0.1, 0.15) is 32.6 Å². The van der Waals surface area contributed by atoms with Crippen molar-refractivity contribution in [2.24, 2.45) is 0 Å². The summed E-state index contributed by atoms with van der Waals surface area (Å²) in [6.07, 6.45) is 0. The topological polar surface area (TPSA) is 56.5 Å². The highest BCUT2D eigenvalue weighted by atomic mass is 16.5. The van der Waals surface area contributed by atoms with Gasteiger partial charge in [-0.3, -0.25) is 4.79 Å². The fraction of sp³-hybridized carbons (Fsp3) is 0.238. The van der Waals surface area contributed by atoms with E-state index in [-0.39, 0.29) is 12.4 Å². The molecule has 4 nitrogen and oxygen atoms in total. The molecule has 0 amide bonds. The van der Waals surface area contributed by atoms with Crippen LogP contribution in [0.3, 0.4) is 0 Å². The summed E-state index contributed by atoms with van der Waals surface area (Å²) >= 11 is 0. The third-order valence-corrected chi connectivity index (χ3v) is 4.43. The largest absolute Gasteiger partial charge is 0.485 e. The average Bonchev–Trinajstić information content (AvgIpc) is 2.55.